The van der Waals surface area contributed by atoms with Gasteiger partial charge in [0.2, 0.25) is 0 Å². The zero-order valence-electron chi connectivity index (χ0n) is 12.1. The molecule has 1 aromatic rings. The smallest absolute Gasteiger partial charge is 0.173 e. The van der Waals surface area contributed by atoms with Crippen LogP contribution in [-0.4, -0.2) is 23.5 Å². The lowest BCUT2D eigenvalue weighted by Crippen LogP contribution is -2.43. The maximum atomic E-state index is 12.9. The predicted octanol–water partition coefficient (Wildman–Crippen LogP) is 3.28. The number of nitrogens with zero attached hydrogens (tertiary/aromatic N) is 1. The minimum Gasteiger partial charge on any atom is -0.370 e. The second-order valence-corrected chi connectivity index (χ2v) is 5.26. The lowest BCUT2D eigenvalue weighted by atomic mass is 9.76. The molecule has 0 saturated carbocycles. The second kappa shape index (κ2) is 5.83. The molecule has 0 bridgehead atoms. The Balaban J connectivity index is 2.35. The predicted molar refractivity (Wildman–Crippen MR) is 75.2 cm³/mol. The first kappa shape index (κ1) is 14.2. The zero-order chi connectivity index (χ0) is 13.9. The summed E-state index contributed by atoms with van der Waals surface area (Å²) in [4.78, 5) is 17.4. The Kier molecular flexibility index (Phi) is 4.35. The molecule has 1 aliphatic carbocycles. The van der Waals surface area contributed by atoms with Crippen molar-refractivity contribution in [3.8, 4) is 0 Å². The molecule has 3 nitrogen and oxygen atoms in total. The van der Waals surface area contributed by atoms with Crippen LogP contribution in [-0.2, 0) is 16.0 Å². The maximum Gasteiger partial charge on any atom is 0.173 e. The molecule has 1 aliphatic rings. The van der Waals surface area contributed by atoms with E-state index in [1.54, 1.807) is 13.3 Å². The first-order valence-corrected chi connectivity index (χ1v) is 7.21. The van der Waals surface area contributed by atoms with Crippen molar-refractivity contribution in [2.24, 2.45) is 0 Å². The van der Waals surface area contributed by atoms with E-state index in [0.29, 0.717) is 0 Å². The molecule has 0 aliphatic heterocycles. The van der Waals surface area contributed by atoms with Crippen LogP contribution >= 0.6 is 0 Å². The number of fused-ring (bicyclic) bond motifs is 1. The molecular weight excluding hydrogens is 238 g/mol. The first-order chi connectivity index (χ1) is 9.18. The Morgan fingerprint density at radius 2 is 2.21 bits per heavy atom. The molecule has 1 atom stereocenters. The van der Waals surface area contributed by atoms with Gasteiger partial charge in [0, 0.05) is 13.3 Å². The average Bonchev–Trinajstić information content (AvgIpc) is 2.49. The number of rotatable bonds is 5. The topological polar surface area (TPSA) is 39.2 Å². The molecule has 0 amide bonds. The monoisotopic (exact) mass is 261 g/mol. The summed E-state index contributed by atoms with van der Waals surface area (Å²) < 4.78 is 5.59. The highest BCUT2D eigenvalue weighted by Gasteiger charge is 2.41. The van der Waals surface area contributed by atoms with Gasteiger partial charge in [0.25, 0.3) is 0 Å². The number of hydrogen-bond acceptors (Lipinski definition) is 3. The first-order valence-electron chi connectivity index (χ1n) is 7.21. The van der Waals surface area contributed by atoms with Gasteiger partial charge in [-0.2, -0.15) is 0 Å². The van der Waals surface area contributed by atoms with Crippen LogP contribution < -0.4 is 0 Å². The van der Waals surface area contributed by atoms with E-state index in [2.05, 4.69) is 11.1 Å². The highest BCUT2D eigenvalue weighted by Crippen LogP contribution is 2.36. The van der Waals surface area contributed by atoms with E-state index in [1.165, 1.54) is 5.56 Å². The fourth-order valence-corrected chi connectivity index (χ4v) is 3.17. The van der Waals surface area contributed by atoms with E-state index in [0.717, 1.165) is 37.8 Å². The van der Waals surface area contributed by atoms with Crippen LogP contribution in [0.15, 0.2) is 18.3 Å². The van der Waals surface area contributed by atoms with E-state index in [-0.39, 0.29) is 11.7 Å². The highest BCUT2D eigenvalue weighted by atomic mass is 16.5. The SMILES string of the molecule is CCC(CC)(OC)C(=O)C1CCCc2cccnc21. The van der Waals surface area contributed by atoms with Gasteiger partial charge in [-0.05, 0) is 43.7 Å². The fraction of sp³-hybridized carbons (Fsp3) is 0.625. The van der Waals surface area contributed by atoms with Gasteiger partial charge in [-0.25, -0.2) is 0 Å². The highest BCUT2D eigenvalue weighted by molar-refractivity contribution is 5.93. The Labute approximate surface area is 115 Å². The number of carbonyl (C=O) groups is 1. The molecular formula is C16H23NO2. The number of ketones is 1. The van der Waals surface area contributed by atoms with Gasteiger partial charge in [-0.1, -0.05) is 19.9 Å². The van der Waals surface area contributed by atoms with Gasteiger partial charge < -0.3 is 4.74 Å². The summed E-state index contributed by atoms with van der Waals surface area (Å²) in [7, 11) is 1.65. The molecule has 0 saturated heterocycles. The summed E-state index contributed by atoms with van der Waals surface area (Å²) in [6.07, 6.45) is 6.22. The van der Waals surface area contributed by atoms with Gasteiger partial charge >= 0.3 is 0 Å². The largest absolute Gasteiger partial charge is 0.370 e. The van der Waals surface area contributed by atoms with Crippen LogP contribution in [0.25, 0.3) is 0 Å². The minimum absolute atomic E-state index is 0.0928. The number of hydrogen-bond donors (Lipinski definition) is 0. The standard InChI is InChI=1S/C16H23NO2/c1-4-16(5-2,19-3)15(18)13-10-6-8-12-9-7-11-17-14(12)13/h7,9,11,13H,4-6,8,10H2,1-3H3. The van der Waals surface area contributed by atoms with Crippen molar-refractivity contribution in [1.29, 1.82) is 0 Å². The van der Waals surface area contributed by atoms with E-state index >= 15 is 0 Å². The summed E-state index contributed by atoms with van der Waals surface area (Å²) in [6.45, 7) is 4.04. The Morgan fingerprint density at radius 3 is 2.84 bits per heavy atom. The third-order valence-corrected chi connectivity index (χ3v) is 4.49. The molecule has 0 radical (unpaired) electrons. The van der Waals surface area contributed by atoms with Crippen LogP contribution in [0.4, 0.5) is 0 Å². The van der Waals surface area contributed by atoms with Crippen molar-refractivity contribution < 1.29 is 9.53 Å². The quantitative estimate of drug-likeness (QED) is 0.816. The van der Waals surface area contributed by atoms with Gasteiger partial charge in [-0.3, -0.25) is 9.78 Å². The number of carbonyl (C=O) groups excluding carboxylic acids is 1. The molecule has 104 valence electrons. The van der Waals surface area contributed by atoms with Crippen molar-refractivity contribution in [2.45, 2.75) is 57.5 Å². The van der Waals surface area contributed by atoms with E-state index < -0.39 is 5.60 Å². The van der Waals surface area contributed by atoms with Crippen molar-refractivity contribution in [3.05, 3.63) is 29.6 Å². The number of pyridine rings is 1. The molecule has 0 spiro atoms. The molecule has 1 unspecified atom stereocenters. The Morgan fingerprint density at radius 1 is 1.47 bits per heavy atom. The second-order valence-electron chi connectivity index (χ2n) is 5.26. The lowest BCUT2D eigenvalue weighted by Gasteiger charge is -2.34. The average molecular weight is 261 g/mol. The van der Waals surface area contributed by atoms with Gasteiger partial charge in [0.05, 0.1) is 11.6 Å². The molecule has 1 aromatic heterocycles. The fourth-order valence-electron chi connectivity index (χ4n) is 3.17. The van der Waals surface area contributed by atoms with Crippen LogP contribution in [0.3, 0.4) is 0 Å². The third kappa shape index (κ3) is 2.44. The van der Waals surface area contributed by atoms with Crippen LogP contribution in [0.5, 0.6) is 0 Å². The number of ether oxygens (including phenoxy) is 1. The molecule has 3 heteroatoms. The van der Waals surface area contributed by atoms with Gasteiger partial charge in [-0.15, -0.1) is 0 Å². The number of aromatic nitrogens is 1. The zero-order valence-corrected chi connectivity index (χ0v) is 12.1. The van der Waals surface area contributed by atoms with E-state index in [9.17, 15) is 4.79 Å². The summed E-state index contributed by atoms with van der Waals surface area (Å²) >= 11 is 0. The molecule has 2 rings (SSSR count). The summed E-state index contributed by atoms with van der Waals surface area (Å²) in [6, 6.07) is 4.04. The normalized spacial score (nSPS) is 19.0. The number of aryl methyl sites for hydroxylation is 1. The molecule has 0 fully saturated rings. The van der Waals surface area contributed by atoms with E-state index in [4.69, 9.17) is 4.74 Å². The Hall–Kier alpha value is -1.22. The summed E-state index contributed by atoms with van der Waals surface area (Å²) in [5.74, 6) is 0.115. The van der Waals surface area contributed by atoms with Crippen LogP contribution in [0.2, 0.25) is 0 Å². The van der Waals surface area contributed by atoms with Crippen molar-refractivity contribution in [1.82, 2.24) is 4.98 Å². The number of Topliss-reactive ketones (excluding diaryl/α,β-unsaturated/α-hetero) is 1. The van der Waals surface area contributed by atoms with Crippen molar-refractivity contribution in [2.75, 3.05) is 7.11 Å². The molecule has 0 aromatic carbocycles. The van der Waals surface area contributed by atoms with Gasteiger partial charge in [0.15, 0.2) is 5.78 Å². The lowest BCUT2D eigenvalue weighted by molar-refractivity contribution is -0.144. The van der Waals surface area contributed by atoms with Gasteiger partial charge in [0.1, 0.15) is 5.60 Å². The van der Waals surface area contributed by atoms with Crippen molar-refractivity contribution in [3.63, 3.8) is 0 Å². The third-order valence-electron chi connectivity index (χ3n) is 4.49. The molecule has 1 heterocycles. The number of methoxy groups -OCH3 is 1. The van der Waals surface area contributed by atoms with Crippen molar-refractivity contribution >= 4 is 5.78 Å². The maximum absolute atomic E-state index is 12.9. The molecule has 19 heavy (non-hydrogen) atoms. The summed E-state index contributed by atoms with van der Waals surface area (Å²) in [5.41, 5.74) is 1.56. The van der Waals surface area contributed by atoms with E-state index in [1.807, 2.05) is 19.9 Å². The minimum atomic E-state index is -0.642. The summed E-state index contributed by atoms with van der Waals surface area (Å²) in [5, 5.41) is 0. The Bertz CT molecular complexity index is 444. The molecule has 0 N–H and O–H groups in total. The van der Waals surface area contributed by atoms with Crippen LogP contribution in [0.1, 0.15) is 56.7 Å². The van der Waals surface area contributed by atoms with Crippen LogP contribution in [0, 0.1) is 0 Å².